The van der Waals surface area contributed by atoms with Crippen LogP contribution in [0.25, 0.3) is 0 Å². The largest absolute Gasteiger partial charge is 0.426 e. The van der Waals surface area contributed by atoms with Crippen LogP contribution in [0.2, 0.25) is 0 Å². The summed E-state index contributed by atoms with van der Waals surface area (Å²) < 4.78 is 5.67. The lowest BCUT2D eigenvalue weighted by atomic mass is 9.75. The molecular formula is C28H38O2. The Morgan fingerprint density at radius 3 is 2.30 bits per heavy atom. The van der Waals surface area contributed by atoms with Crippen molar-refractivity contribution in [3.05, 3.63) is 42.5 Å². The maximum atomic E-state index is 12.6. The second-order valence-corrected chi connectivity index (χ2v) is 9.26. The van der Waals surface area contributed by atoms with Gasteiger partial charge < -0.3 is 4.74 Å². The van der Waals surface area contributed by atoms with Crippen LogP contribution in [-0.4, -0.2) is 5.97 Å². The zero-order valence-corrected chi connectivity index (χ0v) is 18.9. The second-order valence-electron chi connectivity index (χ2n) is 9.26. The third-order valence-electron chi connectivity index (χ3n) is 7.40. The highest BCUT2D eigenvalue weighted by Gasteiger charge is 2.30. The molecule has 1 atom stereocenters. The van der Waals surface area contributed by atoms with E-state index in [-0.39, 0.29) is 11.9 Å². The molecule has 0 aromatic heterocycles. The van der Waals surface area contributed by atoms with Gasteiger partial charge in [-0.2, -0.15) is 0 Å². The summed E-state index contributed by atoms with van der Waals surface area (Å²) in [5, 5.41) is 0. The van der Waals surface area contributed by atoms with Crippen molar-refractivity contribution in [2.24, 2.45) is 29.6 Å². The van der Waals surface area contributed by atoms with Gasteiger partial charge in [-0.1, -0.05) is 38.2 Å². The van der Waals surface area contributed by atoms with E-state index in [0.717, 1.165) is 43.6 Å². The molecule has 0 aliphatic heterocycles. The van der Waals surface area contributed by atoms with Gasteiger partial charge in [-0.25, -0.2) is 0 Å². The van der Waals surface area contributed by atoms with Crippen LogP contribution < -0.4 is 4.74 Å². The molecule has 2 heteroatoms. The zero-order valence-electron chi connectivity index (χ0n) is 18.9. The summed E-state index contributed by atoms with van der Waals surface area (Å²) in [6.07, 6.45) is 13.7. The summed E-state index contributed by atoms with van der Waals surface area (Å²) in [7, 11) is 0. The summed E-state index contributed by atoms with van der Waals surface area (Å²) in [6.45, 7) is 8.48. The van der Waals surface area contributed by atoms with E-state index in [1.54, 1.807) is 0 Å². The van der Waals surface area contributed by atoms with E-state index in [2.05, 4.69) is 38.3 Å². The summed E-state index contributed by atoms with van der Waals surface area (Å²) in [5.41, 5.74) is 1.00. The van der Waals surface area contributed by atoms with Crippen LogP contribution in [0.1, 0.15) is 83.6 Å². The van der Waals surface area contributed by atoms with E-state index in [4.69, 9.17) is 4.74 Å². The van der Waals surface area contributed by atoms with Gasteiger partial charge in [-0.3, -0.25) is 4.79 Å². The lowest BCUT2D eigenvalue weighted by Crippen LogP contribution is -2.27. The number of esters is 1. The number of benzene rings is 1. The van der Waals surface area contributed by atoms with Gasteiger partial charge in [-0.15, -0.1) is 6.58 Å². The highest BCUT2D eigenvalue weighted by atomic mass is 16.5. The second kappa shape index (κ2) is 11.4. The molecule has 0 amide bonds. The molecule has 0 radical (unpaired) electrons. The molecular weight excluding hydrogens is 368 g/mol. The maximum absolute atomic E-state index is 12.6. The molecule has 0 bridgehead atoms. The first-order chi connectivity index (χ1) is 14.6. The Morgan fingerprint density at radius 1 is 1.07 bits per heavy atom. The number of allylic oxidation sites excluding steroid dienone is 1. The van der Waals surface area contributed by atoms with Crippen LogP contribution in [0, 0.1) is 41.4 Å². The fourth-order valence-corrected chi connectivity index (χ4v) is 5.18. The quantitative estimate of drug-likeness (QED) is 0.216. The molecule has 1 aromatic rings. The van der Waals surface area contributed by atoms with Crippen LogP contribution in [0.4, 0.5) is 0 Å². The highest BCUT2D eigenvalue weighted by Crippen LogP contribution is 2.36. The van der Waals surface area contributed by atoms with Crippen molar-refractivity contribution in [2.75, 3.05) is 0 Å². The van der Waals surface area contributed by atoms with Crippen molar-refractivity contribution in [1.29, 1.82) is 0 Å². The number of carbonyl (C=O) groups is 1. The van der Waals surface area contributed by atoms with Gasteiger partial charge in [0.05, 0.1) is 5.92 Å². The molecule has 2 fully saturated rings. The lowest BCUT2D eigenvalue weighted by Gasteiger charge is -2.31. The van der Waals surface area contributed by atoms with Crippen molar-refractivity contribution >= 4 is 5.97 Å². The van der Waals surface area contributed by atoms with E-state index in [1.165, 1.54) is 32.1 Å². The Hall–Kier alpha value is -2.01. The molecule has 0 spiro atoms. The molecule has 162 valence electrons. The zero-order chi connectivity index (χ0) is 21.3. The predicted molar refractivity (Wildman–Crippen MR) is 124 cm³/mol. The van der Waals surface area contributed by atoms with E-state index in [0.29, 0.717) is 23.5 Å². The average Bonchev–Trinajstić information content (AvgIpc) is 2.80. The SMILES string of the molecule is C=CC(CC)[C@H]1CC[C@H](C(=O)Oc2ccc(C#C[C@H]3CC[C@H](CC)CC3)cc2)CC1. The molecule has 2 saturated carbocycles. The van der Waals surface area contributed by atoms with E-state index >= 15 is 0 Å². The van der Waals surface area contributed by atoms with Crippen molar-refractivity contribution in [2.45, 2.75) is 78.1 Å². The molecule has 1 unspecified atom stereocenters. The van der Waals surface area contributed by atoms with Crippen molar-refractivity contribution in [3.63, 3.8) is 0 Å². The first-order valence-corrected chi connectivity index (χ1v) is 12.1. The van der Waals surface area contributed by atoms with Crippen LogP contribution in [-0.2, 0) is 4.79 Å². The molecule has 2 nitrogen and oxygen atoms in total. The highest BCUT2D eigenvalue weighted by molar-refractivity contribution is 5.75. The topological polar surface area (TPSA) is 26.3 Å². The van der Waals surface area contributed by atoms with Crippen LogP contribution in [0.5, 0.6) is 5.75 Å². The summed E-state index contributed by atoms with van der Waals surface area (Å²) >= 11 is 0. The van der Waals surface area contributed by atoms with Crippen molar-refractivity contribution in [1.82, 2.24) is 0 Å². The number of hydrogen-bond acceptors (Lipinski definition) is 2. The van der Waals surface area contributed by atoms with E-state index in [9.17, 15) is 4.79 Å². The molecule has 3 rings (SSSR count). The molecule has 2 aliphatic rings. The molecule has 30 heavy (non-hydrogen) atoms. The van der Waals surface area contributed by atoms with Gasteiger partial charge in [0.2, 0.25) is 0 Å². The normalized spacial score (nSPS) is 27.4. The average molecular weight is 407 g/mol. The number of ether oxygens (including phenoxy) is 1. The summed E-state index contributed by atoms with van der Waals surface area (Å²) in [4.78, 5) is 12.6. The van der Waals surface area contributed by atoms with Crippen LogP contribution in [0.15, 0.2) is 36.9 Å². The number of carbonyl (C=O) groups excluding carboxylic acids is 1. The van der Waals surface area contributed by atoms with Crippen molar-refractivity contribution < 1.29 is 9.53 Å². The molecule has 2 aliphatic carbocycles. The third-order valence-corrected chi connectivity index (χ3v) is 7.40. The number of hydrogen-bond donors (Lipinski definition) is 0. The minimum atomic E-state index is -0.0772. The Bertz CT molecular complexity index is 735. The van der Waals surface area contributed by atoms with Crippen LogP contribution in [0.3, 0.4) is 0 Å². The fraction of sp³-hybridized carbons (Fsp3) is 0.607. The summed E-state index contributed by atoms with van der Waals surface area (Å²) in [6, 6.07) is 7.71. The minimum Gasteiger partial charge on any atom is -0.426 e. The van der Waals surface area contributed by atoms with Gasteiger partial charge in [0, 0.05) is 11.5 Å². The van der Waals surface area contributed by atoms with Crippen LogP contribution >= 0.6 is 0 Å². The smallest absolute Gasteiger partial charge is 0.314 e. The Labute approximate surface area is 183 Å². The molecule has 0 heterocycles. The Balaban J connectivity index is 1.46. The predicted octanol–water partition coefficient (Wildman–Crippen LogP) is 7.18. The first-order valence-electron chi connectivity index (χ1n) is 12.1. The standard InChI is InChI=1S/C28H38O2/c1-4-21-7-9-22(10-8-21)11-12-23-13-19-27(20-14-23)30-28(29)26-17-15-25(16-18-26)24(5-2)6-3/h5,13-14,19-22,24-26H,2,4,6-10,15-18H2,1,3H3/t21-,22-,24?,25-,26-. The third kappa shape index (κ3) is 6.24. The van der Waals surface area contributed by atoms with Crippen molar-refractivity contribution in [3.8, 4) is 17.6 Å². The van der Waals surface area contributed by atoms with Gasteiger partial charge in [0.15, 0.2) is 0 Å². The molecule has 0 saturated heterocycles. The van der Waals surface area contributed by atoms with E-state index in [1.807, 2.05) is 24.3 Å². The molecule has 1 aromatic carbocycles. The fourth-order valence-electron chi connectivity index (χ4n) is 5.18. The van der Waals surface area contributed by atoms with Gasteiger partial charge in [0.25, 0.3) is 0 Å². The van der Waals surface area contributed by atoms with E-state index < -0.39 is 0 Å². The lowest BCUT2D eigenvalue weighted by molar-refractivity contribution is -0.140. The van der Waals surface area contributed by atoms with Gasteiger partial charge >= 0.3 is 5.97 Å². The Kier molecular flexibility index (Phi) is 8.61. The van der Waals surface area contributed by atoms with Gasteiger partial charge in [0.1, 0.15) is 5.75 Å². The first kappa shape index (κ1) is 22.7. The monoisotopic (exact) mass is 406 g/mol. The van der Waals surface area contributed by atoms with Gasteiger partial charge in [-0.05, 0) is 99.8 Å². The summed E-state index contributed by atoms with van der Waals surface area (Å²) in [5.74, 6) is 10.1. The molecule has 0 N–H and O–H groups in total. The number of rotatable bonds is 6. The maximum Gasteiger partial charge on any atom is 0.314 e. The minimum absolute atomic E-state index is 0.0290. The Morgan fingerprint density at radius 2 is 1.73 bits per heavy atom.